The van der Waals surface area contributed by atoms with Crippen LogP contribution in [0.15, 0.2) is 108 Å². The van der Waals surface area contributed by atoms with Crippen LogP contribution in [-0.2, 0) is 32.6 Å². The molecule has 0 aromatic heterocycles. The predicted molar refractivity (Wildman–Crippen MR) is 171 cm³/mol. The maximum absolute atomic E-state index is 14.4. The van der Waals surface area contributed by atoms with E-state index in [4.69, 9.17) is 0 Å². The summed E-state index contributed by atoms with van der Waals surface area (Å²) in [5.74, 6) is -1.38. The van der Waals surface area contributed by atoms with Gasteiger partial charge in [-0.2, -0.15) is 0 Å². The molecule has 0 aliphatic rings. The molecule has 0 heterocycles. The Balaban J connectivity index is 1.81. The number of benzene rings is 4. The zero-order valence-electron chi connectivity index (χ0n) is 25.4. The van der Waals surface area contributed by atoms with Gasteiger partial charge in [-0.1, -0.05) is 66.7 Å². The van der Waals surface area contributed by atoms with Gasteiger partial charge in [-0.15, -0.1) is 0 Å². The molecule has 9 heteroatoms. The standard InChI is InChI=1S/C35H38FN3O4S/c1-25(2)37-35(41)33(22-28-11-7-5-8-12-28)38(23-29-16-18-30(36)19-17-29)34(40)24-39(31-20-15-26(3)27(4)21-31)44(42,43)32-13-9-6-10-14-32/h5-21,25,33H,22-24H2,1-4H3,(H,37,41). The van der Waals surface area contributed by atoms with E-state index in [1.54, 1.807) is 42.5 Å². The van der Waals surface area contributed by atoms with Gasteiger partial charge in [-0.25, -0.2) is 12.8 Å². The molecule has 7 nitrogen and oxygen atoms in total. The number of hydrogen-bond donors (Lipinski definition) is 1. The summed E-state index contributed by atoms with van der Waals surface area (Å²) >= 11 is 0. The minimum atomic E-state index is -4.18. The lowest BCUT2D eigenvalue weighted by Gasteiger charge is -2.34. The number of carbonyl (C=O) groups is 2. The lowest BCUT2D eigenvalue weighted by molar-refractivity contribution is -0.140. The fraction of sp³-hybridized carbons (Fsp3) is 0.257. The minimum Gasteiger partial charge on any atom is -0.352 e. The molecule has 1 N–H and O–H groups in total. The Morgan fingerprint density at radius 3 is 2.00 bits per heavy atom. The molecular formula is C35H38FN3O4S. The van der Waals surface area contributed by atoms with Gasteiger partial charge >= 0.3 is 0 Å². The summed E-state index contributed by atoms with van der Waals surface area (Å²) < 4.78 is 43.0. The molecule has 0 spiro atoms. The summed E-state index contributed by atoms with van der Waals surface area (Å²) in [5, 5.41) is 2.92. The summed E-state index contributed by atoms with van der Waals surface area (Å²) in [7, 11) is -4.18. The Hall–Kier alpha value is -4.50. The molecule has 0 bridgehead atoms. The molecule has 4 aromatic rings. The van der Waals surface area contributed by atoms with Crippen LogP contribution in [0, 0.1) is 19.7 Å². The molecule has 0 fully saturated rings. The highest BCUT2D eigenvalue weighted by Crippen LogP contribution is 2.27. The highest BCUT2D eigenvalue weighted by atomic mass is 32.2. The Kier molecular flexibility index (Phi) is 10.5. The second kappa shape index (κ2) is 14.3. The number of nitrogens with one attached hydrogen (secondary N) is 1. The van der Waals surface area contributed by atoms with Crippen molar-refractivity contribution in [1.29, 1.82) is 0 Å². The zero-order chi connectivity index (χ0) is 31.9. The first-order valence-electron chi connectivity index (χ1n) is 14.5. The fourth-order valence-corrected chi connectivity index (χ4v) is 6.28. The number of rotatable bonds is 12. The van der Waals surface area contributed by atoms with Crippen LogP contribution in [0.4, 0.5) is 10.1 Å². The third-order valence-electron chi connectivity index (χ3n) is 7.36. The van der Waals surface area contributed by atoms with Gasteiger partial charge in [-0.3, -0.25) is 13.9 Å². The summed E-state index contributed by atoms with van der Waals surface area (Å²) in [6, 6.07) is 27.0. The summed E-state index contributed by atoms with van der Waals surface area (Å²) in [6.45, 7) is 6.87. The second-order valence-corrected chi connectivity index (χ2v) is 13.0. The average molecular weight is 616 g/mol. The number of amides is 2. The zero-order valence-corrected chi connectivity index (χ0v) is 26.2. The van der Waals surface area contributed by atoms with Gasteiger partial charge in [-0.05, 0) is 86.3 Å². The number of sulfonamides is 1. The number of aryl methyl sites for hydroxylation is 2. The number of anilines is 1. The van der Waals surface area contributed by atoms with E-state index < -0.39 is 34.3 Å². The van der Waals surface area contributed by atoms with Crippen LogP contribution in [-0.4, -0.2) is 43.8 Å². The fourth-order valence-electron chi connectivity index (χ4n) is 4.85. The molecular weight excluding hydrogens is 577 g/mol. The van der Waals surface area contributed by atoms with Crippen molar-refractivity contribution in [2.75, 3.05) is 10.8 Å². The van der Waals surface area contributed by atoms with Crippen molar-refractivity contribution in [3.8, 4) is 0 Å². The lowest BCUT2D eigenvalue weighted by atomic mass is 10.0. The topological polar surface area (TPSA) is 86.8 Å². The van der Waals surface area contributed by atoms with Gasteiger partial charge in [0.25, 0.3) is 10.0 Å². The van der Waals surface area contributed by atoms with E-state index in [0.717, 1.165) is 21.0 Å². The van der Waals surface area contributed by atoms with Crippen LogP contribution in [0.1, 0.15) is 36.1 Å². The van der Waals surface area contributed by atoms with Crippen molar-refractivity contribution in [2.24, 2.45) is 0 Å². The van der Waals surface area contributed by atoms with Crippen molar-refractivity contribution in [2.45, 2.75) is 57.6 Å². The maximum Gasteiger partial charge on any atom is 0.264 e. The van der Waals surface area contributed by atoms with Gasteiger partial charge in [0, 0.05) is 19.0 Å². The number of halogens is 1. The van der Waals surface area contributed by atoms with Crippen LogP contribution < -0.4 is 9.62 Å². The largest absolute Gasteiger partial charge is 0.352 e. The van der Waals surface area contributed by atoms with Gasteiger partial charge in [0.1, 0.15) is 18.4 Å². The molecule has 4 rings (SSSR count). The van der Waals surface area contributed by atoms with Gasteiger partial charge in [0.05, 0.1) is 10.6 Å². The molecule has 1 unspecified atom stereocenters. The molecule has 230 valence electrons. The summed E-state index contributed by atoms with van der Waals surface area (Å²) in [4.78, 5) is 29.6. The Bertz CT molecular complexity index is 1680. The lowest BCUT2D eigenvalue weighted by Crippen LogP contribution is -2.54. The van der Waals surface area contributed by atoms with Crippen LogP contribution in [0.25, 0.3) is 0 Å². The van der Waals surface area contributed by atoms with Crippen LogP contribution in [0.3, 0.4) is 0 Å². The molecule has 2 amide bonds. The predicted octanol–water partition coefficient (Wildman–Crippen LogP) is 5.80. The number of carbonyl (C=O) groups excluding carboxylic acids is 2. The van der Waals surface area contributed by atoms with Crippen LogP contribution >= 0.6 is 0 Å². The van der Waals surface area contributed by atoms with E-state index >= 15 is 0 Å². The maximum atomic E-state index is 14.4. The highest BCUT2D eigenvalue weighted by molar-refractivity contribution is 7.92. The first kappa shape index (κ1) is 32.4. The molecule has 0 radical (unpaired) electrons. The summed E-state index contributed by atoms with van der Waals surface area (Å²) in [5.41, 5.74) is 3.60. The average Bonchev–Trinajstić information content (AvgIpc) is 3.00. The normalized spacial score (nSPS) is 12.0. The van der Waals surface area contributed by atoms with Crippen molar-refractivity contribution < 1.29 is 22.4 Å². The van der Waals surface area contributed by atoms with E-state index in [1.807, 2.05) is 64.1 Å². The minimum absolute atomic E-state index is 0.0335. The number of hydrogen-bond acceptors (Lipinski definition) is 4. The second-order valence-electron chi connectivity index (χ2n) is 11.1. The van der Waals surface area contributed by atoms with Crippen molar-refractivity contribution >= 4 is 27.5 Å². The van der Waals surface area contributed by atoms with Crippen LogP contribution in [0.2, 0.25) is 0 Å². The quantitative estimate of drug-likeness (QED) is 0.218. The third kappa shape index (κ3) is 8.11. The first-order chi connectivity index (χ1) is 21.0. The molecule has 44 heavy (non-hydrogen) atoms. The number of nitrogens with zero attached hydrogens (tertiary/aromatic N) is 2. The van der Waals surface area contributed by atoms with Gasteiger partial charge in [0.2, 0.25) is 11.8 Å². The van der Waals surface area contributed by atoms with E-state index in [0.29, 0.717) is 11.3 Å². The Labute approximate surface area is 259 Å². The van der Waals surface area contributed by atoms with E-state index in [1.165, 1.54) is 29.2 Å². The van der Waals surface area contributed by atoms with E-state index in [9.17, 15) is 22.4 Å². The van der Waals surface area contributed by atoms with Crippen molar-refractivity contribution in [3.05, 3.63) is 131 Å². The van der Waals surface area contributed by atoms with Crippen molar-refractivity contribution in [3.63, 3.8) is 0 Å². The summed E-state index contributed by atoms with van der Waals surface area (Å²) in [6.07, 6.45) is 0.196. The smallest absolute Gasteiger partial charge is 0.264 e. The third-order valence-corrected chi connectivity index (χ3v) is 9.14. The van der Waals surface area contributed by atoms with Gasteiger partial charge in [0.15, 0.2) is 0 Å². The monoisotopic (exact) mass is 615 g/mol. The molecule has 4 aromatic carbocycles. The molecule has 0 aliphatic carbocycles. The molecule has 0 saturated carbocycles. The molecule has 0 aliphatic heterocycles. The van der Waals surface area contributed by atoms with Crippen LogP contribution in [0.5, 0.6) is 0 Å². The van der Waals surface area contributed by atoms with E-state index in [-0.39, 0.29) is 29.8 Å². The Morgan fingerprint density at radius 2 is 1.41 bits per heavy atom. The van der Waals surface area contributed by atoms with Gasteiger partial charge < -0.3 is 10.2 Å². The highest BCUT2D eigenvalue weighted by Gasteiger charge is 2.35. The molecule has 1 atom stereocenters. The first-order valence-corrected chi connectivity index (χ1v) is 15.9. The molecule has 0 saturated heterocycles. The van der Waals surface area contributed by atoms with Crippen molar-refractivity contribution in [1.82, 2.24) is 10.2 Å². The Morgan fingerprint density at radius 1 is 0.795 bits per heavy atom. The SMILES string of the molecule is Cc1ccc(N(CC(=O)N(Cc2ccc(F)cc2)C(Cc2ccccc2)C(=O)NC(C)C)S(=O)(=O)c2ccccc2)cc1C. The van der Waals surface area contributed by atoms with E-state index in [2.05, 4.69) is 5.32 Å².